The van der Waals surface area contributed by atoms with E-state index in [0.29, 0.717) is 23.9 Å². The van der Waals surface area contributed by atoms with Crippen LogP contribution in [0, 0.1) is 11.5 Å². The number of halogens is 3. The molecule has 0 aliphatic heterocycles. The van der Waals surface area contributed by atoms with Crippen LogP contribution in [0.2, 0.25) is 0 Å². The van der Waals surface area contributed by atoms with Gasteiger partial charge in [0.25, 0.3) is 0 Å². The first-order chi connectivity index (χ1) is 13.2. The highest BCUT2D eigenvalue weighted by Crippen LogP contribution is 2.16. The van der Waals surface area contributed by atoms with Gasteiger partial charge in [0.05, 0.1) is 6.61 Å². The van der Waals surface area contributed by atoms with Crippen LogP contribution in [0.15, 0.2) is 27.4 Å². The van der Waals surface area contributed by atoms with Crippen LogP contribution in [0.3, 0.4) is 0 Å². The Morgan fingerprint density at radius 3 is 2.79 bits per heavy atom. The second kappa shape index (κ2) is 11.8. The second-order valence-corrected chi connectivity index (χ2v) is 6.21. The fraction of sp³-hybridized carbons (Fsp3) is 0.500. The zero-order chi connectivity index (χ0) is 21.0. The Morgan fingerprint density at radius 2 is 2.14 bits per heavy atom. The maximum absolute atomic E-state index is 12.1. The topological polar surface area (TPSA) is 162 Å². The highest BCUT2D eigenvalue weighted by Gasteiger charge is 2.26. The normalized spacial score (nSPS) is 12.5. The van der Waals surface area contributed by atoms with Gasteiger partial charge in [0.15, 0.2) is 11.1 Å². The number of thioether (sulfide) groups is 1. The van der Waals surface area contributed by atoms with Crippen LogP contribution in [0.4, 0.5) is 19.0 Å². The number of guanidine groups is 2. The fourth-order valence-corrected chi connectivity index (χ4v) is 2.58. The molecule has 0 aliphatic rings. The number of hydrogen-bond acceptors (Lipinski definition) is 7. The summed E-state index contributed by atoms with van der Waals surface area (Å²) in [6, 6.07) is 1.45. The zero-order valence-electron chi connectivity index (χ0n) is 14.7. The van der Waals surface area contributed by atoms with Crippen molar-refractivity contribution in [3.8, 4) is 6.19 Å². The summed E-state index contributed by atoms with van der Waals surface area (Å²) in [6.07, 6.45) is -0.791. The van der Waals surface area contributed by atoms with Crippen molar-refractivity contribution in [2.45, 2.75) is 17.8 Å². The van der Waals surface area contributed by atoms with Gasteiger partial charge in [-0.05, 0) is 12.5 Å². The summed E-state index contributed by atoms with van der Waals surface area (Å²) in [5, 5.41) is 20.4. The number of alkyl halides is 3. The minimum absolute atomic E-state index is 0.0256. The van der Waals surface area contributed by atoms with Gasteiger partial charge in [-0.25, -0.2) is 15.0 Å². The zero-order valence-corrected chi connectivity index (χ0v) is 15.5. The van der Waals surface area contributed by atoms with Crippen LogP contribution in [0.25, 0.3) is 0 Å². The number of nitrogens with zero attached hydrogens (tertiary/aromatic N) is 6. The molecule has 28 heavy (non-hydrogen) atoms. The van der Waals surface area contributed by atoms with E-state index in [4.69, 9.17) is 21.8 Å². The van der Waals surface area contributed by atoms with Crippen molar-refractivity contribution in [1.82, 2.24) is 14.9 Å². The van der Waals surface area contributed by atoms with Gasteiger partial charge in [-0.1, -0.05) is 11.8 Å². The van der Waals surface area contributed by atoms with Crippen LogP contribution in [0.5, 0.6) is 0 Å². The van der Waals surface area contributed by atoms with Crippen molar-refractivity contribution >= 4 is 29.5 Å². The largest absolute Gasteiger partial charge is 0.408 e. The third-order valence-corrected chi connectivity index (χ3v) is 3.93. The van der Waals surface area contributed by atoms with E-state index < -0.39 is 18.7 Å². The number of aliphatic hydroxyl groups is 1. The molecule has 1 aromatic rings. The maximum Gasteiger partial charge on any atom is 0.408 e. The molecule has 0 bridgehead atoms. The molecule has 0 unspecified atom stereocenters. The Hall–Kier alpha value is -2.79. The molecule has 0 fully saturated rings. The number of nitriles is 1. The van der Waals surface area contributed by atoms with Crippen molar-refractivity contribution in [2.24, 2.45) is 21.5 Å². The molecule has 0 amide bonds. The van der Waals surface area contributed by atoms with Gasteiger partial charge in [0, 0.05) is 25.0 Å². The molecule has 0 saturated heterocycles. The smallest absolute Gasteiger partial charge is 0.395 e. The number of aromatic nitrogens is 2. The predicted octanol–water partition coefficient (Wildman–Crippen LogP) is 0.338. The first kappa shape index (κ1) is 23.2. The molecule has 0 spiro atoms. The van der Waals surface area contributed by atoms with Crippen LogP contribution in [-0.2, 0) is 0 Å². The van der Waals surface area contributed by atoms with Crippen molar-refractivity contribution in [3.63, 3.8) is 0 Å². The quantitative estimate of drug-likeness (QED) is 0.110. The molecule has 6 N–H and O–H groups in total. The third-order valence-electron chi connectivity index (χ3n) is 2.98. The molecule has 0 radical (unpaired) electrons. The Kier molecular flexibility index (Phi) is 9.82. The summed E-state index contributed by atoms with van der Waals surface area (Å²) >= 11 is 1.31. The van der Waals surface area contributed by atoms with Gasteiger partial charge in [0.2, 0.25) is 12.2 Å². The second-order valence-electron chi connectivity index (χ2n) is 5.15. The fourth-order valence-electron chi connectivity index (χ4n) is 1.83. The third kappa shape index (κ3) is 9.78. The minimum atomic E-state index is -4.44. The number of nitrogens with two attached hydrogens (primary N) is 2. The number of anilines is 1. The maximum atomic E-state index is 12.1. The highest BCUT2D eigenvalue weighted by molar-refractivity contribution is 7.99. The lowest BCUT2D eigenvalue weighted by Crippen LogP contribution is -2.39. The van der Waals surface area contributed by atoms with Crippen molar-refractivity contribution in [1.29, 1.82) is 5.26 Å². The van der Waals surface area contributed by atoms with Gasteiger partial charge >= 0.3 is 6.18 Å². The monoisotopic (exact) mass is 419 g/mol. The number of nitrogens with one attached hydrogen (secondary N) is 1. The van der Waals surface area contributed by atoms with Crippen molar-refractivity contribution in [3.05, 3.63) is 12.3 Å². The molecule has 0 atom stereocenters. The molecule has 10 nitrogen and oxygen atoms in total. The Labute approximate surface area is 163 Å². The lowest BCUT2D eigenvalue weighted by Gasteiger charge is -2.21. The van der Waals surface area contributed by atoms with E-state index in [1.54, 1.807) is 11.1 Å². The summed E-state index contributed by atoms with van der Waals surface area (Å²) in [6.45, 7) is -0.822. The standard InChI is InChI=1S/C14H20F3N9OS/c15-14(16,17)8-22-11(19)24-10-2-3-21-13(25-10)28-7-1-4-26(5-6-27)12(20)23-9-18/h2-3,27H,1,4-8H2,(H2,20,23)(H3,19,21,22,24,25). The van der Waals surface area contributed by atoms with E-state index in [-0.39, 0.29) is 24.9 Å². The average Bonchev–Trinajstić information content (AvgIpc) is 2.62. The van der Waals surface area contributed by atoms with E-state index in [2.05, 4.69) is 25.3 Å². The molecule has 0 aromatic carbocycles. The molecule has 14 heteroatoms. The summed E-state index contributed by atoms with van der Waals surface area (Å²) in [5.74, 6) is 0.424. The van der Waals surface area contributed by atoms with Gasteiger partial charge < -0.3 is 26.8 Å². The van der Waals surface area contributed by atoms with Gasteiger partial charge in [-0.15, -0.1) is 4.99 Å². The molecule has 0 aliphatic carbocycles. The number of rotatable bonds is 9. The molecular formula is C14H20F3N9OS. The average molecular weight is 419 g/mol. The van der Waals surface area contributed by atoms with Crippen LogP contribution in [0.1, 0.15) is 6.42 Å². The molecule has 0 saturated carbocycles. The van der Waals surface area contributed by atoms with Crippen LogP contribution < -0.4 is 16.8 Å². The first-order valence-electron chi connectivity index (χ1n) is 7.92. The number of hydrogen-bond donors (Lipinski definition) is 4. The lowest BCUT2D eigenvalue weighted by molar-refractivity contribution is -0.118. The van der Waals surface area contributed by atoms with Gasteiger partial charge in [0.1, 0.15) is 12.4 Å². The van der Waals surface area contributed by atoms with Crippen LogP contribution in [-0.4, -0.2) is 70.1 Å². The van der Waals surface area contributed by atoms with E-state index in [0.717, 1.165) is 0 Å². The Balaban J connectivity index is 2.52. The van der Waals surface area contributed by atoms with E-state index in [1.165, 1.54) is 24.0 Å². The molecule has 1 aromatic heterocycles. The molecular weight excluding hydrogens is 399 g/mol. The summed E-state index contributed by atoms with van der Waals surface area (Å²) in [4.78, 5) is 16.4. The van der Waals surface area contributed by atoms with Gasteiger partial charge in [-0.3, -0.25) is 0 Å². The lowest BCUT2D eigenvalue weighted by atomic mass is 10.4. The van der Waals surface area contributed by atoms with E-state index in [1.807, 2.05) is 0 Å². The molecule has 1 rings (SSSR count). The van der Waals surface area contributed by atoms with Crippen LogP contribution >= 0.6 is 11.8 Å². The minimum Gasteiger partial charge on any atom is -0.395 e. The SMILES string of the molecule is N#CN=C(N)N(CCO)CCCSc1nccc(NC(N)=NCC(F)(F)F)n1. The Morgan fingerprint density at radius 1 is 1.39 bits per heavy atom. The van der Waals surface area contributed by atoms with Crippen molar-refractivity contribution in [2.75, 3.05) is 37.3 Å². The first-order valence-corrected chi connectivity index (χ1v) is 8.91. The predicted molar refractivity (Wildman–Crippen MR) is 99.4 cm³/mol. The molecule has 1 heterocycles. The van der Waals surface area contributed by atoms with E-state index >= 15 is 0 Å². The summed E-state index contributed by atoms with van der Waals surface area (Å²) in [7, 11) is 0. The number of aliphatic imine (C=N–C) groups is 2. The molecule has 154 valence electrons. The summed E-state index contributed by atoms with van der Waals surface area (Å²) < 4.78 is 36.4. The number of aliphatic hydroxyl groups excluding tert-OH is 1. The van der Waals surface area contributed by atoms with Crippen molar-refractivity contribution < 1.29 is 18.3 Å². The highest BCUT2D eigenvalue weighted by atomic mass is 32.2. The van der Waals surface area contributed by atoms with Gasteiger partial charge in [-0.2, -0.15) is 18.4 Å². The Bertz CT molecular complexity index is 721. The summed E-state index contributed by atoms with van der Waals surface area (Å²) in [5.41, 5.74) is 11.0. The van der Waals surface area contributed by atoms with E-state index in [9.17, 15) is 13.2 Å².